The minimum Gasteiger partial charge on any atom is -0.497 e. The Morgan fingerprint density at radius 3 is 2.21 bits per heavy atom. The summed E-state index contributed by atoms with van der Waals surface area (Å²) < 4.78 is 44.4. The number of amides is 1. The lowest BCUT2D eigenvalue weighted by Gasteiger charge is -2.21. The maximum atomic E-state index is 13.6. The third-order valence-electron chi connectivity index (χ3n) is 5.93. The summed E-state index contributed by atoms with van der Waals surface area (Å²) in [6.07, 6.45) is 7.19. The van der Waals surface area contributed by atoms with Gasteiger partial charge in [0.25, 0.3) is 15.9 Å². The van der Waals surface area contributed by atoms with E-state index in [2.05, 4.69) is 6.92 Å². The molecule has 0 heterocycles. The molecule has 0 aliphatic carbocycles. The van der Waals surface area contributed by atoms with Crippen LogP contribution in [0.15, 0.2) is 77.7 Å². The molecule has 3 aromatic rings. The first-order valence-corrected chi connectivity index (χ1v) is 14.0. The van der Waals surface area contributed by atoms with E-state index in [9.17, 15) is 13.2 Å². The Labute approximate surface area is 225 Å². The molecule has 0 aliphatic heterocycles. The van der Waals surface area contributed by atoms with Crippen molar-refractivity contribution in [1.29, 1.82) is 0 Å². The van der Waals surface area contributed by atoms with Crippen molar-refractivity contribution in [1.82, 2.24) is 0 Å². The van der Waals surface area contributed by atoms with Gasteiger partial charge in [0.15, 0.2) is 11.5 Å². The van der Waals surface area contributed by atoms with E-state index in [1.165, 1.54) is 43.9 Å². The molecule has 3 aromatic carbocycles. The Morgan fingerprint density at radius 2 is 1.58 bits per heavy atom. The van der Waals surface area contributed by atoms with Crippen LogP contribution in [-0.2, 0) is 14.8 Å². The van der Waals surface area contributed by atoms with Gasteiger partial charge < -0.3 is 14.2 Å². The average Bonchev–Trinajstić information content (AvgIpc) is 2.92. The molecular formula is C30H35NO6S. The van der Waals surface area contributed by atoms with Crippen LogP contribution >= 0.6 is 0 Å². The number of hydrogen-bond donors (Lipinski definition) is 0. The number of rotatable bonds is 13. The molecule has 0 N–H and O–H groups in total. The lowest BCUT2D eigenvalue weighted by molar-refractivity contribution is -0.113. The molecule has 0 unspecified atom stereocenters. The van der Waals surface area contributed by atoms with Crippen LogP contribution in [-0.4, -0.2) is 35.2 Å². The molecule has 7 nitrogen and oxygen atoms in total. The predicted octanol–water partition coefficient (Wildman–Crippen LogP) is 6.41. The normalized spacial score (nSPS) is 11.4. The molecule has 1 amide bonds. The van der Waals surface area contributed by atoms with Crippen molar-refractivity contribution >= 4 is 27.7 Å². The molecule has 0 atom stereocenters. The first-order chi connectivity index (χ1) is 18.3. The second kappa shape index (κ2) is 13.7. The highest BCUT2D eigenvalue weighted by Gasteiger charge is 2.29. The Balaban J connectivity index is 1.87. The largest absolute Gasteiger partial charge is 0.497 e. The number of aryl methyl sites for hydroxylation is 1. The molecule has 0 bridgehead atoms. The number of methoxy groups -OCH3 is 2. The first kappa shape index (κ1) is 28.8. The molecular weight excluding hydrogens is 502 g/mol. The molecule has 0 saturated heterocycles. The molecule has 3 rings (SSSR count). The third kappa shape index (κ3) is 7.38. The van der Waals surface area contributed by atoms with Crippen LogP contribution in [0.5, 0.6) is 17.2 Å². The molecule has 8 heteroatoms. The molecule has 0 fully saturated rings. The second-order valence-electron chi connectivity index (χ2n) is 8.77. The zero-order chi connectivity index (χ0) is 27.5. The Hall–Kier alpha value is -3.78. The topological polar surface area (TPSA) is 82.1 Å². The highest BCUT2D eigenvalue weighted by atomic mass is 32.2. The van der Waals surface area contributed by atoms with Crippen LogP contribution in [0.25, 0.3) is 6.08 Å². The predicted molar refractivity (Wildman–Crippen MR) is 151 cm³/mol. The summed E-state index contributed by atoms with van der Waals surface area (Å²) >= 11 is 0. The van der Waals surface area contributed by atoms with Gasteiger partial charge in [-0.1, -0.05) is 49.9 Å². The van der Waals surface area contributed by atoms with Gasteiger partial charge in [0.1, 0.15) is 5.75 Å². The Bertz CT molecular complexity index is 1330. The number of carbonyl (C=O) groups is 1. The molecule has 0 saturated carbocycles. The molecule has 0 aromatic heterocycles. The van der Waals surface area contributed by atoms with E-state index >= 15 is 0 Å². The summed E-state index contributed by atoms with van der Waals surface area (Å²) in [4.78, 5) is 13.4. The van der Waals surface area contributed by atoms with Gasteiger partial charge in [0.05, 0.1) is 31.4 Å². The number of anilines is 1. The minimum atomic E-state index is -4.18. The number of sulfonamides is 1. The lowest BCUT2D eigenvalue weighted by Crippen LogP contribution is -2.35. The van der Waals surface area contributed by atoms with Crippen molar-refractivity contribution < 1.29 is 27.4 Å². The van der Waals surface area contributed by atoms with Gasteiger partial charge in [-0.25, -0.2) is 8.42 Å². The molecule has 38 heavy (non-hydrogen) atoms. The van der Waals surface area contributed by atoms with E-state index in [1.807, 2.05) is 6.92 Å². The van der Waals surface area contributed by atoms with Gasteiger partial charge in [-0.3, -0.25) is 4.79 Å². The van der Waals surface area contributed by atoms with Gasteiger partial charge in [0, 0.05) is 6.08 Å². The van der Waals surface area contributed by atoms with Crippen LogP contribution in [0.3, 0.4) is 0 Å². The van der Waals surface area contributed by atoms with Crippen LogP contribution in [0.1, 0.15) is 43.7 Å². The van der Waals surface area contributed by atoms with Gasteiger partial charge in [-0.2, -0.15) is 4.31 Å². The van der Waals surface area contributed by atoms with Gasteiger partial charge in [-0.05, 0) is 73.5 Å². The summed E-state index contributed by atoms with van der Waals surface area (Å²) in [6.45, 7) is 4.62. The Morgan fingerprint density at radius 1 is 0.868 bits per heavy atom. The SMILES string of the molecule is CCCCCCOc1ccc(/C=C/C(=O)N(c2ccc(OC)cc2)S(=O)(=O)c2ccc(C)cc2)cc1OC. The highest BCUT2D eigenvalue weighted by molar-refractivity contribution is 7.93. The van der Waals surface area contributed by atoms with Crippen LogP contribution in [0.2, 0.25) is 0 Å². The number of hydrogen-bond acceptors (Lipinski definition) is 6. The summed E-state index contributed by atoms with van der Waals surface area (Å²) in [5, 5.41) is 0. The number of benzene rings is 3. The van der Waals surface area contributed by atoms with E-state index in [0.717, 1.165) is 29.1 Å². The smallest absolute Gasteiger partial charge is 0.271 e. The van der Waals surface area contributed by atoms with Crippen LogP contribution in [0.4, 0.5) is 5.69 Å². The number of ether oxygens (including phenoxy) is 3. The number of unbranched alkanes of at least 4 members (excludes halogenated alkanes) is 3. The van der Waals surface area contributed by atoms with Gasteiger partial charge in [-0.15, -0.1) is 0 Å². The molecule has 0 spiro atoms. The fraction of sp³-hybridized carbons (Fsp3) is 0.300. The molecule has 202 valence electrons. The van der Waals surface area contributed by atoms with Crippen molar-refractivity contribution in [3.05, 3.63) is 83.9 Å². The maximum Gasteiger partial charge on any atom is 0.271 e. The standard InChI is InChI=1S/C30H35NO6S/c1-5-6-7-8-21-37-28-19-11-24(22-29(28)36-4)12-20-30(32)31(25-13-15-26(35-3)16-14-25)38(33,34)27-17-9-23(2)10-18-27/h9-20,22H,5-8,21H2,1-4H3/b20-12+. The summed E-state index contributed by atoms with van der Waals surface area (Å²) in [6, 6.07) is 18.0. The van der Waals surface area contributed by atoms with Crippen LogP contribution in [0, 0.1) is 6.92 Å². The fourth-order valence-corrected chi connectivity index (χ4v) is 5.16. The average molecular weight is 538 g/mol. The van der Waals surface area contributed by atoms with Gasteiger partial charge >= 0.3 is 0 Å². The van der Waals surface area contributed by atoms with Crippen molar-refractivity contribution in [3.63, 3.8) is 0 Å². The first-order valence-electron chi connectivity index (χ1n) is 12.6. The third-order valence-corrected chi connectivity index (χ3v) is 7.67. The van der Waals surface area contributed by atoms with E-state index in [1.54, 1.807) is 55.7 Å². The zero-order valence-corrected chi connectivity index (χ0v) is 23.2. The van der Waals surface area contributed by atoms with Gasteiger partial charge in [0.2, 0.25) is 0 Å². The maximum absolute atomic E-state index is 13.6. The lowest BCUT2D eigenvalue weighted by atomic mass is 10.2. The Kier molecular flexibility index (Phi) is 10.4. The van der Waals surface area contributed by atoms with Crippen molar-refractivity contribution in [3.8, 4) is 17.2 Å². The van der Waals surface area contributed by atoms with Crippen molar-refractivity contribution in [2.75, 3.05) is 25.1 Å². The monoisotopic (exact) mass is 537 g/mol. The summed E-state index contributed by atoms with van der Waals surface area (Å²) in [5.41, 5.74) is 1.77. The highest BCUT2D eigenvalue weighted by Crippen LogP contribution is 2.30. The van der Waals surface area contributed by atoms with Crippen molar-refractivity contribution in [2.45, 2.75) is 44.4 Å². The summed E-state index contributed by atoms with van der Waals surface area (Å²) in [7, 11) is -1.12. The van der Waals surface area contributed by atoms with Crippen LogP contribution < -0.4 is 18.5 Å². The quantitative estimate of drug-likeness (QED) is 0.185. The molecule has 0 aliphatic rings. The van der Waals surface area contributed by atoms with Crippen molar-refractivity contribution in [2.24, 2.45) is 0 Å². The van der Waals surface area contributed by atoms with E-state index in [0.29, 0.717) is 29.4 Å². The van der Waals surface area contributed by atoms with E-state index < -0.39 is 15.9 Å². The second-order valence-corrected chi connectivity index (χ2v) is 10.6. The minimum absolute atomic E-state index is 0.0165. The zero-order valence-electron chi connectivity index (χ0n) is 22.3. The van der Waals surface area contributed by atoms with E-state index in [4.69, 9.17) is 14.2 Å². The number of carbonyl (C=O) groups excluding carboxylic acids is 1. The fourth-order valence-electron chi connectivity index (χ4n) is 3.77. The summed E-state index contributed by atoms with van der Waals surface area (Å²) in [5.74, 6) is 0.985. The van der Waals surface area contributed by atoms with E-state index in [-0.39, 0.29) is 10.6 Å². The molecule has 0 radical (unpaired) electrons. The number of nitrogens with zero attached hydrogens (tertiary/aromatic N) is 1.